The van der Waals surface area contributed by atoms with Crippen LogP contribution in [0, 0.1) is 5.92 Å². The standard InChI is InChI=1S/C37H54N4O7/c1-25-21-41(26(2)24-42)35(43)32-20-31(39-37(46)38-30-11-6-5-7-12-30)17-18-33(32)48-27(3)10-8-9-19-47-34(25)23-40(4)22-28-13-15-29(16-14-28)36(44)45/h13-18,20,25-27,30,34,42H,5-12,19,21-24H2,1-4H3,(H,44,45)(H2,38,39,46)/t25-,26+,27+,34-/m0/s1. The average molecular weight is 667 g/mol. The number of urea groups is 1. The minimum Gasteiger partial charge on any atom is -0.490 e. The summed E-state index contributed by atoms with van der Waals surface area (Å²) in [4.78, 5) is 42.3. The Morgan fingerprint density at radius 1 is 1.02 bits per heavy atom. The number of fused-ring (bicyclic) bond motifs is 1. The first-order valence-corrected chi connectivity index (χ1v) is 17.5. The highest BCUT2D eigenvalue weighted by Crippen LogP contribution is 2.29. The van der Waals surface area contributed by atoms with E-state index in [1.54, 1.807) is 35.2 Å². The molecule has 4 rings (SSSR count). The summed E-state index contributed by atoms with van der Waals surface area (Å²) in [6.45, 7) is 7.75. The summed E-state index contributed by atoms with van der Waals surface area (Å²) < 4.78 is 12.8. The van der Waals surface area contributed by atoms with Crippen LogP contribution in [0.2, 0.25) is 0 Å². The van der Waals surface area contributed by atoms with Crippen LogP contribution in [0.15, 0.2) is 42.5 Å². The minimum absolute atomic E-state index is 0.0893. The van der Waals surface area contributed by atoms with Gasteiger partial charge in [0.25, 0.3) is 5.91 Å². The van der Waals surface area contributed by atoms with Crippen molar-refractivity contribution in [3.63, 3.8) is 0 Å². The summed E-state index contributed by atoms with van der Waals surface area (Å²) in [6.07, 6.45) is 7.52. The second-order valence-electron chi connectivity index (χ2n) is 13.6. The van der Waals surface area contributed by atoms with Gasteiger partial charge in [-0.15, -0.1) is 0 Å². The lowest BCUT2D eigenvalue weighted by Gasteiger charge is -2.36. The van der Waals surface area contributed by atoms with Crippen molar-refractivity contribution < 1.29 is 34.1 Å². The van der Waals surface area contributed by atoms with Crippen molar-refractivity contribution in [1.29, 1.82) is 0 Å². The van der Waals surface area contributed by atoms with Crippen LogP contribution < -0.4 is 15.4 Å². The number of carbonyl (C=O) groups excluding carboxylic acids is 2. The summed E-state index contributed by atoms with van der Waals surface area (Å²) in [5.41, 5.74) is 2.07. The SMILES string of the molecule is C[C@@H]1CCCCO[C@@H](CN(C)Cc2ccc(C(=O)O)cc2)[C@@H](C)CN([C@H](C)CO)C(=O)c2cc(NC(=O)NC3CCCCC3)ccc2O1. The number of aromatic carboxylic acids is 1. The van der Waals surface area contributed by atoms with E-state index in [0.29, 0.717) is 43.2 Å². The fourth-order valence-electron chi connectivity index (χ4n) is 6.50. The predicted molar refractivity (Wildman–Crippen MR) is 186 cm³/mol. The van der Waals surface area contributed by atoms with Gasteiger partial charge in [-0.1, -0.05) is 38.3 Å². The summed E-state index contributed by atoms with van der Waals surface area (Å²) in [5.74, 6) is -0.880. The van der Waals surface area contributed by atoms with Gasteiger partial charge >= 0.3 is 12.0 Å². The first kappa shape index (κ1) is 37.2. The molecule has 48 heavy (non-hydrogen) atoms. The Bertz CT molecular complexity index is 1350. The summed E-state index contributed by atoms with van der Waals surface area (Å²) in [5, 5.41) is 25.5. The number of carboxylic acid groups (broad SMARTS) is 1. The summed E-state index contributed by atoms with van der Waals surface area (Å²) >= 11 is 0. The van der Waals surface area contributed by atoms with E-state index in [0.717, 1.165) is 50.5 Å². The zero-order valence-electron chi connectivity index (χ0n) is 29.0. The molecule has 1 aliphatic carbocycles. The van der Waals surface area contributed by atoms with E-state index in [2.05, 4.69) is 22.5 Å². The molecule has 0 bridgehead atoms. The Hall–Kier alpha value is -3.67. The number of ether oxygens (including phenoxy) is 2. The molecule has 0 saturated heterocycles. The number of aliphatic hydroxyl groups excluding tert-OH is 1. The first-order chi connectivity index (χ1) is 23.0. The highest BCUT2D eigenvalue weighted by Gasteiger charge is 2.30. The summed E-state index contributed by atoms with van der Waals surface area (Å²) in [6, 6.07) is 11.4. The molecule has 1 aliphatic heterocycles. The van der Waals surface area contributed by atoms with Crippen LogP contribution in [0.4, 0.5) is 10.5 Å². The maximum absolute atomic E-state index is 14.4. The van der Waals surface area contributed by atoms with Gasteiger partial charge in [-0.05, 0) is 88.9 Å². The molecule has 0 radical (unpaired) electrons. The number of amides is 3. The van der Waals surface area contributed by atoms with Crippen LogP contribution in [0.1, 0.15) is 98.4 Å². The van der Waals surface area contributed by atoms with E-state index in [1.165, 1.54) is 6.42 Å². The number of likely N-dealkylation sites (N-methyl/N-ethyl adjacent to an activating group) is 1. The number of rotatable bonds is 9. The third kappa shape index (κ3) is 10.9. The van der Waals surface area contributed by atoms with Crippen molar-refractivity contribution in [3.05, 3.63) is 59.2 Å². The Morgan fingerprint density at radius 2 is 1.73 bits per heavy atom. The second-order valence-corrected chi connectivity index (χ2v) is 13.6. The number of anilines is 1. The Balaban J connectivity index is 1.55. The Morgan fingerprint density at radius 3 is 2.42 bits per heavy atom. The number of nitrogens with zero attached hydrogens (tertiary/aromatic N) is 2. The van der Waals surface area contributed by atoms with Gasteiger partial charge in [0, 0.05) is 43.9 Å². The zero-order chi connectivity index (χ0) is 34.6. The number of aliphatic hydroxyl groups is 1. The van der Waals surface area contributed by atoms with Gasteiger partial charge < -0.3 is 35.2 Å². The molecule has 11 heteroatoms. The van der Waals surface area contributed by atoms with Crippen LogP contribution in [-0.2, 0) is 11.3 Å². The number of hydrogen-bond donors (Lipinski definition) is 4. The normalized spacial score (nSPS) is 22.2. The van der Waals surface area contributed by atoms with Gasteiger partial charge in [-0.2, -0.15) is 0 Å². The summed E-state index contributed by atoms with van der Waals surface area (Å²) in [7, 11) is 2.00. The molecule has 3 amide bonds. The van der Waals surface area contributed by atoms with Crippen molar-refractivity contribution >= 4 is 23.6 Å². The number of nitrogens with one attached hydrogen (secondary N) is 2. The van der Waals surface area contributed by atoms with Crippen LogP contribution in [0.25, 0.3) is 0 Å². The van der Waals surface area contributed by atoms with Crippen LogP contribution in [0.3, 0.4) is 0 Å². The molecule has 2 aliphatic rings. The predicted octanol–water partition coefficient (Wildman–Crippen LogP) is 5.77. The molecular weight excluding hydrogens is 612 g/mol. The minimum atomic E-state index is -0.954. The average Bonchev–Trinajstić information content (AvgIpc) is 3.06. The lowest BCUT2D eigenvalue weighted by atomic mass is 9.96. The fourth-order valence-corrected chi connectivity index (χ4v) is 6.50. The maximum atomic E-state index is 14.4. The molecule has 1 fully saturated rings. The quantitative estimate of drug-likeness (QED) is 0.265. The van der Waals surface area contributed by atoms with Crippen molar-refractivity contribution in [3.8, 4) is 5.75 Å². The van der Waals surface area contributed by atoms with Crippen LogP contribution >= 0.6 is 0 Å². The molecule has 2 aromatic carbocycles. The molecule has 4 atom stereocenters. The Kier molecular flexibility index (Phi) is 14.1. The fraction of sp³-hybridized carbons (Fsp3) is 0.595. The van der Waals surface area contributed by atoms with Crippen LogP contribution in [-0.4, -0.2) is 95.6 Å². The topological polar surface area (TPSA) is 141 Å². The molecule has 0 aromatic heterocycles. The van der Waals surface area contributed by atoms with Gasteiger partial charge in [0.15, 0.2) is 0 Å². The van der Waals surface area contributed by atoms with Gasteiger partial charge in [-0.25, -0.2) is 9.59 Å². The first-order valence-electron chi connectivity index (χ1n) is 17.5. The molecular formula is C37H54N4O7. The van der Waals surface area contributed by atoms with Gasteiger partial charge in [0.2, 0.25) is 0 Å². The maximum Gasteiger partial charge on any atom is 0.335 e. The van der Waals surface area contributed by atoms with Gasteiger partial charge in [0.05, 0.1) is 36.0 Å². The van der Waals surface area contributed by atoms with E-state index in [4.69, 9.17) is 9.47 Å². The number of carboxylic acids is 1. The van der Waals surface area contributed by atoms with E-state index in [1.807, 2.05) is 33.0 Å². The smallest absolute Gasteiger partial charge is 0.335 e. The highest BCUT2D eigenvalue weighted by molar-refractivity contribution is 5.99. The molecule has 11 nitrogen and oxygen atoms in total. The lowest BCUT2D eigenvalue weighted by molar-refractivity contribution is -0.0177. The third-order valence-electron chi connectivity index (χ3n) is 9.39. The molecule has 264 valence electrons. The molecule has 0 unspecified atom stereocenters. The van der Waals surface area contributed by atoms with Crippen molar-refractivity contribution in [2.45, 2.75) is 103 Å². The van der Waals surface area contributed by atoms with Gasteiger partial charge in [-0.3, -0.25) is 9.69 Å². The Labute approximate surface area is 285 Å². The van der Waals surface area contributed by atoms with Crippen molar-refractivity contribution in [2.24, 2.45) is 5.92 Å². The second kappa shape index (κ2) is 18.2. The van der Waals surface area contributed by atoms with E-state index >= 15 is 0 Å². The van der Waals surface area contributed by atoms with E-state index in [-0.39, 0.29) is 48.3 Å². The van der Waals surface area contributed by atoms with E-state index in [9.17, 15) is 24.6 Å². The number of hydrogen-bond acceptors (Lipinski definition) is 7. The monoisotopic (exact) mass is 666 g/mol. The molecule has 2 aromatic rings. The number of benzene rings is 2. The molecule has 1 heterocycles. The van der Waals surface area contributed by atoms with Gasteiger partial charge in [0.1, 0.15) is 5.75 Å². The molecule has 0 spiro atoms. The molecule has 4 N–H and O–H groups in total. The zero-order valence-corrected chi connectivity index (χ0v) is 29.0. The van der Waals surface area contributed by atoms with Crippen LogP contribution in [0.5, 0.6) is 5.75 Å². The largest absolute Gasteiger partial charge is 0.490 e. The van der Waals surface area contributed by atoms with E-state index < -0.39 is 12.0 Å². The molecule has 1 saturated carbocycles. The number of carbonyl (C=O) groups is 3. The highest BCUT2D eigenvalue weighted by atomic mass is 16.5. The van der Waals surface area contributed by atoms with Crippen molar-refractivity contribution in [1.82, 2.24) is 15.1 Å². The lowest BCUT2D eigenvalue weighted by Crippen LogP contribution is -2.47. The van der Waals surface area contributed by atoms with Crippen molar-refractivity contribution in [2.75, 3.05) is 38.7 Å². The third-order valence-corrected chi connectivity index (χ3v) is 9.39.